The van der Waals surface area contributed by atoms with Crippen molar-refractivity contribution < 1.29 is 175 Å². The van der Waals surface area contributed by atoms with Crippen molar-refractivity contribution in [2.45, 2.75) is 207 Å². The summed E-state index contributed by atoms with van der Waals surface area (Å²) in [5, 5.41) is 10.3. The predicted octanol–water partition coefficient (Wildman–Crippen LogP) is 3.51. The summed E-state index contributed by atoms with van der Waals surface area (Å²) < 4.78 is 46.6. The second-order valence-electron chi connectivity index (χ2n) is 22.8. The number of phenols is 1. The van der Waals surface area contributed by atoms with Crippen molar-refractivity contribution in [3.8, 4) is 23.0 Å². The van der Waals surface area contributed by atoms with Gasteiger partial charge < -0.3 is 57.1 Å². The Balaban J connectivity index is 0.000000542. The van der Waals surface area contributed by atoms with E-state index < -0.39 is 29.2 Å². The molecule has 4 aliphatic carbocycles. The zero-order valence-electron chi connectivity index (χ0n) is 52.7. The Labute approximate surface area is 586 Å². The van der Waals surface area contributed by atoms with Crippen LogP contribution in [0.3, 0.4) is 0 Å². The molecule has 0 aliphatic heterocycles. The Kier molecular flexibility index (Phi) is 38.3. The molecule has 4 aromatic rings. The molecule has 8 atom stereocenters. The second kappa shape index (κ2) is 39.0. The number of hydrogen-bond donors (Lipinski definition) is 1. The standard InChI is InChI=1S/C16H23ClO.2C16H25O5P.C15H22O.4Na/c1-4-11(2)14-6-5-7-15(16(14)18-10-17)12(3)13-8-9-13;2*1-4-11(2)14-6-5-7-15(12(3)13-8-9-13)16(14)20-10-21-22(17,18)19;1-4-10(2)13-6-5-7-14(15(13)16)11(3)12-8-9-12;;;;/h5-7,11-13H,4,8-10H2,1-3H3;2*5-7,11-13H,4,8-10H2,1-3H3,(H2,17,18,19);5-7,10-12,16H,4,8-9H2,1-3H3;;;;/q;;;;4*+1/p-4/t3*11-,12+;10-,11+;;;;/m0000..../s1. The van der Waals surface area contributed by atoms with Crippen molar-refractivity contribution in [2.75, 3.05) is 19.7 Å². The number of phosphoric ester groups is 2. The van der Waals surface area contributed by atoms with Crippen LogP contribution in [-0.4, -0.2) is 24.8 Å². The summed E-state index contributed by atoms with van der Waals surface area (Å²) >= 11 is 5.81. The summed E-state index contributed by atoms with van der Waals surface area (Å²) in [6.07, 6.45) is 14.3. The number of ether oxygens (including phenoxy) is 3. The largest absolute Gasteiger partial charge is 1.00 e. The molecule has 4 fully saturated rings. The van der Waals surface area contributed by atoms with Gasteiger partial charge in [0.05, 0.1) is 15.6 Å². The predicted molar refractivity (Wildman–Crippen MR) is 307 cm³/mol. The average molecular weight is 1230 g/mol. The molecule has 12 nitrogen and oxygen atoms in total. The fourth-order valence-corrected chi connectivity index (χ4v) is 10.9. The van der Waals surface area contributed by atoms with Crippen LogP contribution in [0.5, 0.6) is 23.0 Å². The molecule has 0 unspecified atom stereocenters. The maximum Gasteiger partial charge on any atom is 1.00 e. The number of phosphoric acid groups is 2. The topological polar surface area (TPSA) is 193 Å². The number of hydrogen-bond acceptors (Lipinski definition) is 12. The number of phenolic OH excluding ortho intramolecular Hbond substituents is 1. The summed E-state index contributed by atoms with van der Waals surface area (Å²) in [6.45, 7) is 24.9. The Bertz CT molecular complexity index is 2490. The summed E-state index contributed by atoms with van der Waals surface area (Å²) in [5.74, 6) is 9.24. The summed E-state index contributed by atoms with van der Waals surface area (Å²) in [5.41, 5.74) is 9.11. The number of rotatable bonds is 26. The average Bonchev–Trinajstić information content (AvgIpc) is 4.19. The smallest absolute Gasteiger partial charge is 0.790 e. The normalized spacial score (nSPS) is 17.5. The third-order valence-corrected chi connectivity index (χ3v) is 18.2. The minimum absolute atomic E-state index is 0. The van der Waals surface area contributed by atoms with E-state index in [0.29, 0.717) is 64.6 Å². The van der Waals surface area contributed by atoms with E-state index in [1.807, 2.05) is 36.4 Å². The quantitative estimate of drug-likeness (QED) is 0.0417. The first-order valence-electron chi connectivity index (χ1n) is 29.0. The van der Waals surface area contributed by atoms with Crippen molar-refractivity contribution in [1.82, 2.24) is 0 Å². The number of alkyl halides is 1. The number of para-hydroxylation sites is 4. The Morgan fingerprint density at radius 3 is 0.915 bits per heavy atom. The Morgan fingerprint density at radius 2 is 0.659 bits per heavy atom. The third kappa shape index (κ3) is 25.5. The fraction of sp³-hybridized carbons (Fsp3) is 0.619. The molecule has 19 heteroatoms. The van der Waals surface area contributed by atoms with Gasteiger partial charge in [-0.15, -0.1) is 0 Å². The zero-order chi connectivity index (χ0) is 57.5. The molecular formula is C63H91ClNa4O12P2. The first-order valence-corrected chi connectivity index (χ1v) is 32.4. The second-order valence-corrected chi connectivity index (χ2v) is 25.3. The summed E-state index contributed by atoms with van der Waals surface area (Å²) in [6, 6.07) is 25.0. The van der Waals surface area contributed by atoms with Gasteiger partial charge in [-0.1, -0.05) is 167 Å². The molecule has 0 heterocycles. The van der Waals surface area contributed by atoms with E-state index >= 15 is 0 Å². The SMILES string of the molecule is CC[C@H](C)c1cccc([C@H](C)C2CC2)c1O.CC[C@H](C)c1cccc([C@H](C)C2CC2)c1OCCl.CC[C@H](C)c1cccc([C@H](C)C2CC2)c1OCOP(=O)([O-])[O-].CC[C@H](C)c1cccc([C@H](C)C2CC2)c1OCOP(=O)([O-])[O-].[Na+].[Na+].[Na+].[Na+]. The van der Waals surface area contributed by atoms with Gasteiger partial charge in [0.15, 0.2) is 19.7 Å². The van der Waals surface area contributed by atoms with Crippen molar-refractivity contribution in [1.29, 1.82) is 0 Å². The summed E-state index contributed by atoms with van der Waals surface area (Å²) in [4.78, 5) is 42.4. The van der Waals surface area contributed by atoms with Gasteiger partial charge in [-0.2, -0.15) is 0 Å². The van der Waals surface area contributed by atoms with E-state index in [2.05, 4.69) is 129 Å². The van der Waals surface area contributed by atoms with Crippen LogP contribution in [0.15, 0.2) is 72.8 Å². The monoisotopic (exact) mass is 1230 g/mol. The van der Waals surface area contributed by atoms with Crippen molar-refractivity contribution in [3.05, 3.63) is 117 Å². The van der Waals surface area contributed by atoms with Gasteiger partial charge in [0, 0.05) is 0 Å². The maximum absolute atomic E-state index is 10.6. The van der Waals surface area contributed by atoms with Gasteiger partial charge >= 0.3 is 118 Å². The molecule has 1 N–H and O–H groups in total. The van der Waals surface area contributed by atoms with Crippen LogP contribution >= 0.6 is 27.2 Å². The van der Waals surface area contributed by atoms with E-state index in [1.165, 1.54) is 62.5 Å². The molecule has 8 rings (SSSR count). The summed E-state index contributed by atoms with van der Waals surface area (Å²) in [7, 11) is -10.0. The van der Waals surface area contributed by atoms with E-state index in [1.54, 1.807) is 0 Å². The molecule has 0 amide bonds. The minimum Gasteiger partial charge on any atom is -0.790 e. The zero-order valence-corrected chi connectivity index (χ0v) is 63.2. The van der Waals surface area contributed by atoms with Gasteiger partial charge in [-0.25, -0.2) is 0 Å². The van der Waals surface area contributed by atoms with Crippen molar-refractivity contribution >= 4 is 27.2 Å². The molecule has 4 saturated carbocycles. The van der Waals surface area contributed by atoms with E-state index in [-0.39, 0.29) is 136 Å². The molecule has 0 bridgehead atoms. The van der Waals surface area contributed by atoms with Gasteiger partial charge in [0.1, 0.15) is 23.0 Å². The van der Waals surface area contributed by atoms with E-state index in [4.69, 9.17) is 25.8 Å². The molecule has 436 valence electrons. The molecular weight excluding hydrogens is 1140 g/mol. The molecule has 0 radical (unpaired) electrons. The van der Waals surface area contributed by atoms with Gasteiger partial charge in [-0.05, 0) is 193 Å². The first-order chi connectivity index (χ1) is 37.0. The molecule has 0 aromatic heterocycles. The minimum atomic E-state index is -5.02. The molecule has 0 saturated heterocycles. The number of aromatic hydroxyl groups is 1. The van der Waals surface area contributed by atoms with E-state index in [9.17, 15) is 33.8 Å². The maximum atomic E-state index is 10.6. The van der Waals surface area contributed by atoms with Crippen molar-refractivity contribution in [2.24, 2.45) is 23.7 Å². The fourth-order valence-electron chi connectivity index (χ4n) is 10.4. The Hall–Kier alpha value is 0.590. The Morgan fingerprint density at radius 1 is 0.427 bits per heavy atom. The van der Waals surface area contributed by atoms with Crippen LogP contribution in [0.25, 0.3) is 0 Å². The van der Waals surface area contributed by atoms with Crippen LogP contribution in [0.1, 0.15) is 252 Å². The van der Waals surface area contributed by atoms with Crippen LogP contribution in [-0.2, 0) is 18.2 Å². The van der Waals surface area contributed by atoms with Crippen LogP contribution in [0.4, 0.5) is 0 Å². The molecule has 0 spiro atoms. The van der Waals surface area contributed by atoms with E-state index in [0.717, 1.165) is 76.6 Å². The van der Waals surface area contributed by atoms with Crippen LogP contribution in [0, 0.1) is 23.7 Å². The number of benzene rings is 4. The molecule has 4 aliphatic rings. The van der Waals surface area contributed by atoms with Crippen LogP contribution in [0.2, 0.25) is 0 Å². The van der Waals surface area contributed by atoms with Gasteiger partial charge in [0.2, 0.25) is 0 Å². The number of halogens is 1. The van der Waals surface area contributed by atoms with Gasteiger partial charge in [-0.3, -0.25) is 0 Å². The third-order valence-electron chi connectivity index (χ3n) is 17.2. The van der Waals surface area contributed by atoms with Gasteiger partial charge in [0.25, 0.3) is 0 Å². The molecule has 82 heavy (non-hydrogen) atoms. The van der Waals surface area contributed by atoms with Crippen molar-refractivity contribution in [3.63, 3.8) is 0 Å². The van der Waals surface area contributed by atoms with Crippen LogP contribution < -0.4 is 152 Å². The first kappa shape index (κ1) is 80.6. The molecule has 4 aromatic carbocycles.